The maximum absolute atomic E-state index is 11.1. The summed E-state index contributed by atoms with van der Waals surface area (Å²) in [7, 11) is 0. The lowest BCUT2D eigenvalue weighted by Gasteiger charge is -2.12. The van der Waals surface area contributed by atoms with Crippen LogP contribution in [0.5, 0.6) is 0 Å². The molecule has 9 heteroatoms. The number of thiazole rings is 1. The predicted molar refractivity (Wildman–Crippen MR) is 77.3 cm³/mol. The van der Waals surface area contributed by atoms with Gasteiger partial charge in [-0.25, -0.2) is 9.97 Å². The third-order valence-electron chi connectivity index (χ3n) is 2.58. The van der Waals surface area contributed by atoms with Crippen molar-refractivity contribution in [2.75, 3.05) is 5.32 Å². The van der Waals surface area contributed by atoms with Gasteiger partial charge in [-0.3, -0.25) is 10.1 Å². The van der Waals surface area contributed by atoms with Crippen LogP contribution in [0, 0.1) is 24.0 Å². The van der Waals surface area contributed by atoms with Crippen molar-refractivity contribution in [1.29, 1.82) is 0 Å². The fraction of sp³-hybridized carbons (Fsp3) is 0.364. The molecule has 106 valence electrons. The van der Waals surface area contributed by atoms with E-state index in [2.05, 4.69) is 20.3 Å². The van der Waals surface area contributed by atoms with Gasteiger partial charge in [-0.05, 0) is 32.4 Å². The molecule has 20 heavy (non-hydrogen) atoms. The summed E-state index contributed by atoms with van der Waals surface area (Å²) in [5.41, 5.74) is 0.0505. The lowest BCUT2D eigenvalue weighted by molar-refractivity contribution is -0.385. The van der Waals surface area contributed by atoms with Crippen LogP contribution < -0.4 is 5.32 Å². The van der Waals surface area contributed by atoms with E-state index in [-0.39, 0.29) is 28.5 Å². The van der Waals surface area contributed by atoms with Gasteiger partial charge < -0.3 is 5.32 Å². The molecule has 1 atom stereocenters. The highest BCUT2D eigenvalue weighted by molar-refractivity contribution is 7.11. The van der Waals surface area contributed by atoms with Gasteiger partial charge in [0.1, 0.15) is 10.7 Å². The van der Waals surface area contributed by atoms with Crippen LogP contribution in [-0.4, -0.2) is 19.9 Å². The molecule has 2 aromatic heterocycles. The van der Waals surface area contributed by atoms with Crippen LogP contribution in [0.4, 0.5) is 11.5 Å². The molecule has 0 aliphatic rings. The Morgan fingerprint density at radius 2 is 2.15 bits per heavy atom. The summed E-state index contributed by atoms with van der Waals surface area (Å²) < 4.78 is 0. The predicted octanol–water partition coefficient (Wildman–Crippen LogP) is 3.28. The lowest BCUT2D eigenvalue weighted by atomic mass is 10.3. The quantitative estimate of drug-likeness (QED) is 0.529. The van der Waals surface area contributed by atoms with Crippen molar-refractivity contribution in [3.8, 4) is 0 Å². The van der Waals surface area contributed by atoms with Crippen molar-refractivity contribution >= 4 is 34.4 Å². The van der Waals surface area contributed by atoms with Gasteiger partial charge in [0.15, 0.2) is 0 Å². The van der Waals surface area contributed by atoms with Gasteiger partial charge in [0.05, 0.1) is 11.0 Å². The Hall–Kier alpha value is -1.80. The minimum absolute atomic E-state index is 0.0295. The molecule has 0 aromatic carbocycles. The Labute approximate surface area is 124 Å². The van der Waals surface area contributed by atoms with E-state index in [1.165, 1.54) is 18.3 Å². The Morgan fingerprint density at radius 3 is 2.70 bits per heavy atom. The first-order valence-corrected chi connectivity index (χ1v) is 6.95. The highest BCUT2D eigenvalue weighted by Gasteiger charge is 2.23. The number of hydrogen-bond donors (Lipinski definition) is 1. The van der Waals surface area contributed by atoms with Gasteiger partial charge in [0.2, 0.25) is 11.1 Å². The molecule has 7 nitrogen and oxygen atoms in total. The highest BCUT2D eigenvalue weighted by Crippen LogP contribution is 2.30. The molecule has 1 unspecified atom stereocenters. The van der Waals surface area contributed by atoms with Crippen molar-refractivity contribution in [2.24, 2.45) is 0 Å². The second kappa shape index (κ2) is 5.68. The maximum atomic E-state index is 11.1. The minimum atomic E-state index is -0.520. The number of aromatic nitrogens is 3. The Bertz CT molecular complexity index is 660. The molecule has 2 aromatic rings. The maximum Gasteiger partial charge on any atom is 0.332 e. The molecule has 0 radical (unpaired) electrons. The van der Waals surface area contributed by atoms with Gasteiger partial charge in [-0.1, -0.05) is 0 Å². The molecule has 0 saturated heterocycles. The molecule has 0 aliphatic carbocycles. The SMILES string of the molecule is Cc1cnc(C(C)Nc2nc(Cl)nc(C)c2[N+](=O)[O-])s1. The first kappa shape index (κ1) is 14.6. The first-order chi connectivity index (χ1) is 9.38. The number of nitro groups is 1. The normalized spacial score (nSPS) is 12.2. The van der Waals surface area contributed by atoms with E-state index in [0.717, 1.165) is 9.88 Å². The molecule has 0 amide bonds. The van der Waals surface area contributed by atoms with Gasteiger partial charge in [0.25, 0.3) is 0 Å². The van der Waals surface area contributed by atoms with E-state index < -0.39 is 4.92 Å². The molecule has 0 aliphatic heterocycles. The van der Waals surface area contributed by atoms with E-state index in [4.69, 9.17) is 11.6 Å². The Balaban J connectivity index is 2.35. The summed E-state index contributed by atoms with van der Waals surface area (Å²) in [5.74, 6) is 0.104. The second-order valence-electron chi connectivity index (χ2n) is 4.21. The molecule has 2 rings (SSSR count). The van der Waals surface area contributed by atoms with E-state index in [9.17, 15) is 10.1 Å². The molecule has 0 bridgehead atoms. The van der Waals surface area contributed by atoms with E-state index in [1.807, 2.05) is 13.8 Å². The standard InChI is InChI=1S/C11H12ClN5O2S/c1-5-4-13-10(20-5)7(3)14-9-8(17(18)19)6(2)15-11(12)16-9/h4,7H,1-3H3,(H,14,15,16). The van der Waals surface area contributed by atoms with Gasteiger partial charge in [-0.2, -0.15) is 4.98 Å². The van der Waals surface area contributed by atoms with Gasteiger partial charge in [0, 0.05) is 11.1 Å². The van der Waals surface area contributed by atoms with Gasteiger partial charge in [-0.15, -0.1) is 11.3 Å². The summed E-state index contributed by atoms with van der Waals surface area (Å²) in [6.45, 7) is 5.32. The summed E-state index contributed by atoms with van der Waals surface area (Å²) >= 11 is 7.28. The Kier molecular flexibility index (Phi) is 4.15. The molecule has 2 heterocycles. The smallest absolute Gasteiger partial charge is 0.332 e. The number of aryl methyl sites for hydroxylation is 2. The lowest BCUT2D eigenvalue weighted by Crippen LogP contribution is -2.11. The number of nitrogens with zero attached hydrogens (tertiary/aromatic N) is 4. The zero-order valence-electron chi connectivity index (χ0n) is 11.0. The number of halogens is 1. The Morgan fingerprint density at radius 1 is 1.45 bits per heavy atom. The highest BCUT2D eigenvalue weighted by atomic mass is 35.5. The van der Waals surface area contributed by atoms with E-state index >= 15 is 0 Å². The number of anilines is 1. The van der Waals surface area contributed by atoms with Crippen molar-refractivity contribution < 1.29 is 4.92 Å². The average Bonchev–Trinajstić information content (AvgIpc) is 2.74. The van der Waals surface area contributed by atoms with Crippen molar-refractivity contribution in [3.05, 3.63) is 37.2 Å². The topological polar surface area (TPSA) is 93.8 Å². The van der Waals surface area contributed by atoms with Crippen LogP contribution in [-0.2, 0) is 0 Å². The first-order valence-electron chi connectivity index (χ1n) is 5.76. The zero-order valence-corrected chi connectivity index (χ0v) is 12.6. The molecule has 0 spiro atoms. The third-order valence-corrected chi connectivity index (χ3v) is 3.84. The van der Waals surface area contributed by atoms with Crippen LogP contribution in [0.3, 0.4) is 0 Å². The van der Waals surface area contributed by atoms with E-state index in [0.29, 0.717) is 0 Å². The minimum Gasteiger partial charge on any atom is -0.355 e. The fourth-order valence-electron chi connectivity index (χ4n) is 1.69. The number of hydrogen-bond acceptors (Lipinski definition) is 7. The molecular weight excluding hydrogens is 302 g/mol. The molecular formula is C11H12ClN5O2S. The fourth-order valence-corrected chi connectivity index (χ4v) is 2.68. The van der Waals surface area contributed by atoms with Crippen LogP contribution in [0.25, 0.3) is 0 Å². The second-order valence-corrected chi connectivity index (χ2v) is 5.81. The van der Waals surface area contributed by atoms with Crippen molar-refractivity contribution in [3.63, 3.8) is 0 Å². The zero-order chi connectivity index (χ0) is 14.9. The molecule has 1 N–H and O–H groups in total. The molecule has 0 fully saturated rings. The van der Waals surface area contributed by atoms with Crippen molar-refractivity contribution in [2.45, 2.75) is 26.8 Å². The van der Waals surface area contributed by atoms with Crippen molar-refractivity contribution in [1.82, 2.24) is 15.0 Å². The van der Waals surface area contributed by atoms with Crippen LogP contribution >= 0.6 is 22.9 Å². The average molecular weight is 314 g/mol. The van der Waals surface area contributed by atoms with Crippen LogP contribution in [0.15, 0.2) is 6.20 Å². The van der Waals surface area contributed by atoms with Crippen LogP contribution in [0.1, 0.15) is 28.5 Å². The molecule has 0 saturated carbocycles. The summed E-state index contributed by atoms with van der Waals surface area (Å²) in [6.07, 6.45) is 1.75. The monoisotopic (exact) mass is 313 g/mol. The van der Waals surface area contributed by atoms with E-state index in [1.54, 1.807) is 6.20 Å². The van der Waals surface area contributed by atoms with Gasteiger partial charge >= 0.3 is 5.69 Å². The third kappa shape index (κ3) is 3.02. The van der Waals surface area contributed by atoms with Crippen LogP contribution in [0.2, 0.25) is 5.28 Å². The summed E-state index contributed by atoms with van der Waals surface area (Å²) in [5, 5.41) is 14.9. The number of rotatable bonds is 4. The number of nitrogens with one attached hydrogen (secondary N) is 1. The summed E-state index contributed by atoms with van der Waals surface area (Å²) in [6, 6.07) is -0.210. The summed E-state index contributed by atoms with van der Waals surface area (Å²) in [4.78, 5) is 23.6. The largest absolute Gasteiger partial charge is 0.355 e.